The zero-order valence-corrected chi connectivity index (χ0v) is 13.4. The van der Waals surface area contributed by atoms with Crippen LogP contribution in [0.25, 0.3) is 21.0 Å². The number of anilines is 1. The summed E-state index contributed by atoms with van der Waals surface area (Å²) in [7, 11) is 0. The van der Waals surface area contributed by atoms with E-state index in [2.05, 4.69) is 34.7 Å². The lowest BCUT2D eigenvalue weighted by Gasteiger charge is -2.13. The molecule has 2 N–H and O–H groups in total. The van der Waals surface area contributed by atoms with Crippen LogP contribution in [0.1, 0.15) is 28.7 Å². The first-order chi connectivity index (χ1) is 10.7. The molecule has 4 nitrogen and oxygen atoms in total. The fraction of sp³-hybridized carbons (Fsp3) is 0.294. The number of carbonyl (C=O) groups is 1. The molecule has 1 aliphatic heterocycles. The van der Waals surface area contributed by atoms with Gasteiger partial charge in [-0.25, -0.2) is 0 Å². The minimum atomic E-state index is 0.0290. The third-order valence-corrected chi connectivity index (χ3v) is 5.37. The van der Waals surface area contributed by atoms with Gasteiger partial charge in [0.05, 0.1) is 11.2 Å². The van der Waals surface area contributed by atoms with Crippen LogP contribution in [0.5, 0.6) is 0 Å². The summed E-state index contributed by atoms with van der Waals surface area (Å²) in [5.74, 6) is 0.0290. The molecule has 2 aromatic heterocycles. The summed E-state index contributed by atoms with van der Waals surface area (Å²) in [5.41, 5.74) is 2.95. The van der Waals surface area contributed by atoms with E-state index in [0.717, 1.165) is 50.2 Å². The Labute approximate surface area is 132 Å². The van der Waals surface area contributed by atoms with Gasteiger partial charge in [0.2, 0.25) is 0 Å². The number of aromatic nitrogens is 1. The maximum Gasteiger partial charge on any atom is 0.263 e. The van der Waals surface area contributed by atoms with Crippen molar-refractivity contribution in [2.45, 2.75) is 26.3 Å². The van der Waals surface area contributed by atoms with Crippen molar-refractivity contribution in [2.75, 3.05) is 11.9 Å². The first kappa shape index (κ1) is 13.5. The molecule has 0 saturated heterocycles. The number of fused-ring (bicyclic) bond motifs is 5. The maximum absolute atomic E-state index is 12.5. The van der Waals surface area contributed by atoms with Crippen LogP contribution in [0, 0.1) is 6.92 Å². The fourth-order valence-electron chi connectivity index (χ4n) is 3.01. The van der Waals surface area contributed by atoms with Gasteiger partial charge in [0.15, 0.2) is 0 Å². The zero-order valence-electron chi connectivity index (χ0n) is 12.6. The van der Waals surface area contributed by atoms with Crippen LogP contribution in [0.2, 0.25) is 0 Å². The molecule has 0 bridgehead atoms. The van der Waals surface area contributed by atoms with Crippen LogP contribution < -0.4 is 10.6 Å². The number of amides is 1. The second kappa shape index (κ2) is 4.95. The first-order valence-corrected chi connectivity index (χ1v) is 8.36. The van der Waals surface area contributed by atoms with E-state index >= 15 is 0 Å². The number of nitrogens with one attached hydrogen (secondary N) is 2. The van der Waals surface area contributed by atoms with Crippen molar-refractivity contribution < 1.29 is 4.79 Å². The van der Waals surface area contributed by atoms with Crippen molar-refractivity contribution in [3.8, 4) is 0 Å². The van der Waals surface area contributed by atoms with Gasteiger partial charge < -0.3 is 10.6 Å². The van der Waals surface area contributed by atoms with E-state index in [9.17, 15) is 4.79 Å². The summed E-state index contributed by atoms with van der Waals surface area (Å²) >= 11 is 1.55. The van der Waals surface area contributed by atoms with Crippen LogP contribution in [-0.2, 0) is 0 Å². The van der Waals surface area contributed by atoms with Crippen LogP contribution in [0.3, 0.4) is 0 Å². The highest BCUT2D eigenvalue weighted by Crippen LogP contribution is 2.40. The van der Waals surface area contributed by atoms with E-state index in [1.807, 2.05) is 19.1 Å². The Hall–Kier alpha value is -2.14. The summed E-state index contributed by atoms with van der Waals surface area (Å²) in [6.45, 7) is 4.85. The fourth-order valence-corrected chi connectivity index (χ4v) is 4.10. The Morgan fingerprint density at radius 3 is 3.00 bits per heavy atom. The van der Waals surface area contributed by atoms with E-state index in [4.69, 9.17) is 0 Å². The van der Waals surface area contributed by atoms with E-state index < -0.39 is 0 Å². The number of hydrogen-bond acceptors (Lipinski definition) is 4. The maximum atomic E-state index is 12.5. The van der Waals surface area contributed by atoms with E-state index in [1.165, 1.54) is 0 Å². The number of aryl methyl sites for hydroxylation is 1. The van der Waals surface area contributed by atoms with Crippen LogP contribution in [0.4, 0.5) is 5.69 Å². The highest BCUT2D eigenvalue weighted by molar-refractivity contribution is 7.21. The molecule has 1 aromatic carbocycles. The van der Waals surface area contributed by atoms with Crippen molar-refractivity contribution >= 4 is 43.9 Å². The van der Waals surface area contributed by atoms with Crippen molar-refractivity contribution in [3.63, 3.8) is 0 Å². The molecule has 1 atom stereocenters. The van der Waals surface area contributed by atoms with Crippen molar-refractivity contribution in [1.29, 1.82) is 0 Å². The molecule has 0 spiro atoms. The van der Waals surface area contributed by atoms with Gasteiger partial charge >= 0.3 is 0 Å². The van der Waals surface area contributed by atoms with Crippen LogP contribution in [0.15, 0.2) is 24.3 Å². The lowest BCUT2D eigenvalue weighted by atomic mass is 10.1. The Morgan fingerprint density at radius 1 is 1.32 bits per heavy atom. The predicted molar refractivity (Wildman–Crippen MR) is 91.9 cm³/mol. The molecular weight excluding hydrogens is 294 g/mol. The topological polar surface area (TPSA) is 54.0 Å². The molecule has 112 valence electrons. The number of thiophene rings is 1. The van der Waals surface area contributed by atoms with Gasteiger partial charge in [-0.2, -0.15) is 0 Å². The van der Waals surface area contributed by atoms with E-state index in [-0.39, 0.29) is 11.9 Å². The van der Waals surface area contributed by atoms with Crippen molar-refractivity contribution in [2.24, 2.45) is 0 Å². The van der Waals surface area contributed by atoms with Gasteiger partial charge in [-0.1, -0.05) is 13.0 Å². The molecule has 22 heavy (non-hydrogen) atoms. The number of carbonyl (C=O) groups excluding carboxylic acids is 1. The zero-order chi connectivity index (χ0) is 15.3. The minimum absolute atomic E-state index is 0.0290. The summed E-state index contributed by atoms with van der Waals surface area (Å²) in [4.78, 5) is 17.9. The average Bonchev–Trinajstić information content (AvgIpc) is 2.82. The molecule has 0 fully saturated rings. The molecule has 1 unspecified atom stereocenters. The molecular formula is C17H17N3OS. The largest absolute Gasteiger partial charge is 0.381 e. The standard InChI is InChI=1S/C17H17N3OS/c1-3-10-8-18-15-14-11-5-4-9(2)19-12(11)6-7-13(14)22-16(15)17(21)20-10/h4-7,10,18H,3,8H2,1-2H3,(H,20,21). The normalized spacial score (nSPS) is 17.9. The summed E-state index contributed by atoms with van der Waals surface area (Å²) in [6, 6.07) is 8.41. The molecule has 0 radical (unpaired) electrons. The third kappa shape index (κ3) is 1.96. The number of benzene rings is 1. The molecule has 3 heterocycles. The van der Waals surface area contributed by atoms with Crippen molar-refractivity contribution in [3.05, 3.63) is 34.8 Å². The highest BCUT2D eigenvalue weighted by atomic mass is 32.1. The first-order valence-electron chi connectivity index (χ1n) is 7.55. The molecule has 0 saturated carbocycles. The van der Waals surface area contributed by atoms with Gasteiger partial charge in [0.1, 0.15) is 4.88 Å². The Bertz CT molecular complexity index is 900. The lowest BCUT2D eigenvalue weighted by Crippen LogP contribution is -2.36. The monoisotopic (exact) mass is 311 g/mol. The Morgan fingerprint density at radius 2 is 2.18 bits per heavy atom. The number of rotatable bonds is 1. The Kier molecular flexibility index (Phi) is 3.04. The van der Waals surface area contributed by atoms with Crippen molar-refractivity contribution in [1.82, 2.24) is 10.3 Å². The highest BCUT2D eigenvalue weighted by Gasteiger charge is 2.25. The average molecular weight is 311 g/mol. The molecule has 4 rings (SSSR count). The smallest absolute Gasteiger partial charge is 0.263 e. The van der Waals surface area contributed by atoms with E-state index in [0.29, 0.717) is 0 Å². The second-order valence-corrected chi connectivity index (χ2v) is 6.78. The van der Waals surface area contributed by atoms with Gasteiger partial charge in [-0.15, -0.1) is 11.3 Å². The quantitative estimate of drug-likeness (QED) is 0.720. The summed E-state index contributed by atoms with van der Waals surface area (Å²) < 4.78 is 1.13. The number of nitrogens with zero attached hydrogens (tertiary/aromatic N) is 1. The second-order valence-electron chi connectivity index (χ2n) is 5.72. The predicted octanol–water partition coefficient (Wildman–Crippen LogP) is 3.69. The van der Waals surface area contributed by atoms with E-state index in [1.54, 1.807) is 11.3 Å². The molecule has 0 aliphatic carbocycles. The van der Waals surface area contributed by atoms with Gasteiger partial charge in [0, 0.05) is 33.8 Å². The minimum Gasteiger partial charge on any atom is -0.381 e. The SMILES string of the molecule is CCC1CNc2c(sc3ccc4nc(C)ccc4c23)C(=O)N1. The third-order valence-electron chi connectivity index (χ3n) is 4.22. The summed E-state index contributed by atoms with van der Waals surface area (Å²) in [5, 5.41) is 8.81. The lowest BCUT2D eigenvalue weighted by molar-refractivity contribution is 0.0945. The molecule has 3 aromatic rings. The molecule has 5 heteroatoms. The Balaban J connectivity index is 2.00. The van der Waals surface area contributed by atoms with Gasteiger partial charge in [-0.05, 0) is 31.5 Å². The number of pyridine rings is 1. The van der Waals surface area contributed by atoms with Crippen LogP contribution in [-0.4, -0.2) is 23.5 Å². The number of hydrogen-bond donors (Lipinski definition) is 2. The van der Waals surface area contributed by atoms with Crippen LogP contribution >= 0.6 is 11.3 Å². The summed E-state index contributed by atoms with van der Waals surface area (Å²) in [6.07, 6.45) is 0.924. The van der Waals surface area contributed by atoms with Gasteiger partial charge in [0.25, 0.3) is 5.91 Å². The van der Waals surface area contributed by atoms with Gasteiger partial charge in [-0.3, -0.25) is 9.78 Å². The molecule has 1 amide bonds. The molecule has 1 aliphatic rings.